The molecule has 15 heavy (non-hydrogen) atoms. The lowest BCUT2D eigenvalue weighted by atomic mass is 10.4. The maximum Gasteiger partial charge on any atom is 0.304 e. The van der Waals surface area contributed by atoms with Crippen molar-refractivity contribution in [3.05, 3.63) is 44.1 Å². The number of H-pyrrole nitrogens is 1. The Bertz CT molecular complexity index is 491. The fourth-order valence-corrected chi connectivity index (χ4v) is 1.76. The van der Waals surface area contributed by atoms with Gasteiger partial charge in [-0.25, -0.2) is 4.98 Å². The van der Waals surface area contributed by atoms with Gasteiger partial charge in [-0.3, -0.25) is 4.79 Å². The third-order valence-corrected chi connectivity index (χ3v) is 2.70. The number of anilines is 1. The zero-order valence-corrected chi connectivity index (χ0v) is 9.23. The van der Waals surface area contributed by atoms with Crippen molar-refractivity contribution in [1.82, 2.24) is 9.97 Å². The van der Waals surface area contributed by atoms with Crippen LogP contribution in [0.2, 0.25) is 5.02 Å². The number of halogens is 1. The van der Waals surface area contributed by atoms with Gasteiger partial charge >= 0.3 is 4.87 Å². The van der Waals surface area contributed by atoms with Crippen molar-refractivity contribution in [2.45, 2.75) is 6.54 Å². The molecule has 0 radical (unpaired) electrons. The Kier molecular flexibility index (Phi) is 3.03. The van der Waals surface area contributed by atoms with E-state index in [1.165, 1.54) is 0 Å². The molecule has 2 N–H and O–H groups in total. The molecule has 78 valence electrons. The third-order valence-electron chi connectivity index (χ3n) is 1.76. The Labute approximate surface area is 94.9 Å². The van der Waals surface area contributed by atoms with E-state index in [0.717, 1.165) is 22.8 Å². The van der Waals surface area contributed by atoms with Gasteiger partial charge in [0.25, 0.3) is 0 Å². The summed E-state index contributed by atoms with van der Waals surface area (Å²) in [6.07, 6.45) is 1.57. The molecule has 0 amide bonds. The molecule has 0 bridgehead atoms. The van der Waals surface area contributed by atoms with Crippen LogP contribution in [0.1, 0.15) is 5.69 Å². The van der Waals surface area contributed by atoms with Crippen LogP contribution >= 0.6 is 22.9 Å². The molecule has 2 aromatic heterocycles. The van der Waals surface area contributed by atoms with Crippen LogP contribution in [0, 0.1) is 0 Å². The van der Waals surface area contributed by atoms with Crippen molar-refractivity contribution >= 4 is 28.8 Å². The number of hydrogen-bond donors (Lipinski definition) is 2. The largest absolute Gasteiger partial charge is 0.364 e. The molecule has 0 fully saturated rings. The van der Waals surface area contributed by atoms with Crippen molar-refractivity contribution in [1.29, 1.82) is 0 Å². The molecule has 4 nitrogen and oxygen atoms in total. The minimum atomic E-state index is -0.0455. The summed E-state index contributed by atoms with van der Waals surface area (Å²) < 4.78 is 0. The van der Waals surface area contributed by atoms with E-state index in [0.29, 0.717) is 11.6 Å². The van der Waals surface area contributed by atoms with Crippen molar-refractivity contribution in [2.24, 2.45) is 0 Å². The zero-order valence-electron chi connectivity index (χ0n) is 7.66. The second kappa shape index (κ2) is 4.46. The van der Waals surface area contributed by atoms with Gasteiger partial charge in [0.05, 0.1) is 11.6 Å². The van der Waals surface area contributed by atoms with E-state index in [4.69, 9.17) is 11.6 Å². The van der Waals surface area contributed by atoms with Crippen molar-refractivity contribution in [3.8, 4) is 0 Å². The molecule has 0 aromatic carbocycles. The number of pyridine rings is 1. The topological polar surface area (TPSA) is 57.8 Å². The normalized spacial score (nSPS) is 10.2. The van der Waals surface area contributed by atoms with Crippen molar-refractivity contribution in [3.63, 3.8) is 0 Å². The molecule has 2 rings (SSSR count). The maximum atomic E-state index is 10.8. The van der Waals surface area contributed by atoms with Gasteiger partial charge in [0.2, 0.25) is 0 Å². The lowest BCUT2D eigenvalue weighted by Gasteiger charge is -2.02. The summed E-state index contributed by atoms with van der Waals surface area (Å²) in [5, 5.41) is 5.45. The highest BCUT2D eigenvalue weighted by atomic mass is 35.5. The summed E-state index contributed by atoms with van der Waals surface area (Å²) in [5.74, 6) is 0.728. The molecule has 0 aliphatic heterocycles. The smallest absolute Gasteiger partial charge is 0.304 e. The fourth-order valence-electron chi connectivity index (χ4n) is 1.07. The highest BCUT2D eigenvalue weighted by Gasteiger charge is 1.97. The fraction of sp³-hybridized carbons (Fsp3) is 0.111. The standard InChI is InChI=1S/C9H8ClN3OS/c10-6-1-2-8(11-3-6)12-4-7-5-15-9(14)13-7/h1-3,5H,4H2,(H,11,12)(H,13,14). The van der Waals surface area contributed by atoms with Crippen molar-refractivity contribution in [2.75, 3.05) is 5.32 Å². The van der Waals surface area contributed by atoms with Gasteiger partial charge in [0.1, 0.15) is 5.82 Å². The highest BCUT2D eigenvalue weighted by molar-refractivity contribution is 7.07. The van der Waals surface area contributed by atoms with E-state index in [2.05, 4.69) is 15.3 Å². The first-order valence-electron chi connectivity index (χ1n) is 4.26. The first-order valence-corrected chi connectivity index (χ1v) is 5.52. The number of aromatic nitrogens is 2. The minimum Gasteiger partial charge on any atom is -0.364 e. The van der Waals surface area contributed by atoms with Crippen LogP contribution in [0.15, 0.2) is 28.5 Å². The van der Waals surface area contributed by atoms with E-state index in [-0.39, 0.29) is 4.87 Å². The Morgan fingerprint density at radius 1 is 1.53 bits per heavy atom. The van der Waals surface area contributed by atoms with E-state index >= 15 is 0 Å². The van der Waals surface area contributed by atoms with Crippen LogP contribution in [-0.4, -0.2) is 9.97 Å². The summed E-state index contributed by atoms with van der Waals surface area (Å²) >= 11 is 6.85. The van der Waals surface area contributed by atoms with Crippen LogP contribution in [0.4, 0.5) is 5.82 Å². The Balaban J connectivity index is 1.99. The molecule has 0 unspecified atom stereocenters. The van der Waals surface area contributed by atoms with E-state index in [1.54, 1.807) is 23.7 Å². The lowest BCUT2D eigenvalue weighted by molar-refractivity contribution is 1.04. The minimum absolute atomic E-state index is 0.0455. The van der Waals surface area contributed by atoms with Gasteiger partial charge in [-0.15, -0.1) is 0 Å². The monoisotopic (exact) mass is 241 g/mol. The first kappa shape index (κ1) is 10.2. The van der Waals surface area contributed by atoms with Gasteiger partial charge < -0.3 is 10.3 Å². The van der Waals surface area contributed by atoms with Crippen molar-refractivity contribution < 1.29 is 0 Å². The number of nitrogens with one attached hydrogen (secondary N) is 2. The summed E-state index contributed by atoms with van der Waals surface area (Å²) in [5.41, 5.74) is 0.849. The lowest BCUT2D eigenvalue weighted by Crippen LogP contribution is -2.03. The second-order valence-corrected chi connectivity index (χ2v) is 4.17. The number of thiazole rings is 1. The SMILES string of the molecule is O=c1[nH]c(CNc2ccc(Cl)cn2)cs1. The Hall–Kier alpha value is -1.33. The van der Waals surface area contributed by atoms with Gasteiger partial charge in [-0.2, -0.15) is 0 Å². The average Bonchev–Trinajstić information content (AvgIpc) is 2.64. The summed E-state index contributed by atoms with van der Waals surface area (Å²) in [7, 11) is 0. The molecule has 0 spiro atoms. The van der Waals surface area contributed by atoms with E-state index < -0.39 is 0 Å². The summed E-state index contributed by atoms with van der Waals surface area (Å²) in [4.78, 5) is 17.6. The molecule has 0 aliphatic rings. The molecule has 0 atom stereocenters. The molecule has 2 heterocycles. The molecule has 2 aromatic rings. The molecule has 0 saturated carbocycles. The average molecular weight is 242 g/mol. The highest BCUT2D eigenvalue weighted by Crippen LogP contribution is 2.10. The molecule has 0 saturated heterocycles. The van der Waals surface area contributed by atoms with Gasteiger partial charge in [0.15, 0.2) is 0 Å². The third kappa shape index (κ3) is 2.81. The number of rotatable bonds is 3. The van der Waals surface area contributed by atoms with Crippen LogP contribution < -0.4 is 10.2 Å². The molecule has 6 heteroatoms. The molecule has 0 aliphatic carbocycles. The van der Waals surface area contributed by atoms with Crippen LogP contribution in [0.25, 0.3) is 0 Å². The number of hydrogen-bond acceptors (Lipinski definition) is 4. The second-order valence-electron chi connectivity index (χ2n) is 2.89. The van der Waals surface area contributed by atoms with Crippen LogP contribution in [0.3, 0.4) is 0 Å². The number of aromatic amines is 1. The Morgan fingerprint density at radius 2 is 2.40 bits per heavy atom. The maximum absolute atomic E-state index is 10.8. The van der Waals surface area contributed by atoms with Gasteiger partial charge in [-0.05, 0) is 12.1 Å². The van der Waals surface area contributed by atoms with E-state index in [1.807, 2.05) is 0 Å². The quantitative estimate of drug-likeness (QED) is 0.865. The predicted molar refractivity (Wildman–Crippen MR) is 61.5 cm³/mol. The van der Waals surface area contributed by atoms with E-state index in [9.17, 15) is 4.79 Å². The Morgan fingerprint density at radius 3 is 3.00 bits per heavy atom. The first-order chi connectivity index (χ1) is 7.24. The van der Waals surface area contributed by atoms with Gasteiger partial charge in [0, 0.05) is 17.3 Å². The number of nitrogens with zero attached hydrogens (tertiary/aromatic N) is 1. The van der Waals surface area contributed by atoms with Gasteiger partial charge in [-0.1, -0.05) is 22.9 Å². The van der Waals surface area contributed by atoms with Crippen LogP contribution in [-0.2, 0) is 6.54 Å². The predicted octanol–water partition coefficient (Wildman–Crippen LogP) is 2.10. The molecular weight excluding hydrogens is 234 g/mol. The van der Waals surface area contributed by atoms with Crippen LogP contribution in [0.5, 0.6) is 0 Å². The summed E-state index contributed by atoms with van der Waals surface area (Å²) in [6.45, 7) is 0.549. The molecular formula is C9H8ClN3OS. The summed E-state index contributed by atoms with van der Waals surface area (Å²) in [6, 6.07) is 3.54. The zero-order chi connectivity index (χ0) is 10.7.